The van der Waals surface area contributed by atoms with E-state index in [1.54, 1.807) is 18.2 Å². The molecule has 1 atom stereocenters. The van der Waals surface area contributed by atoms with Crippen LogP contribution in [0.3, 0.4) is 0 Å². The van der Waals surface area contributed by atoms with Gasteiger partial charge in [0.2, 0.25) is 5.91 Å². The number of halogens is 4. The molecule has 2 saturated carbocycles. The zero-order chi connectivity index (χ0) is 25.1. The average molecular weight is 512 g/mol. The van der Waals surface area contributed by atoms with E-state index in [0.29, 0.717) is 0 Å². The highest BCUT2D eigenvalue weighted by Crippen LogP contribution is 2.49. The van der Waals surface area contributed by atoms with Crippen molar-refractivity contribution in [2.45, 2.75) is 48.8 Å². The number of hydrogen-bond acceptors (Lipinski definition) is 6. The summed E-state index contributed by atoms with van der Waals surface area (Å²) in [6, 6.07) is 6.21. The summed E-state index contributed by atoms with van der Waals surface area (Å²) in [6.07, 6.45) is 0.526. The fraction of sp³-hybridized carbons (Fsp3) is 0.409. The molecule has 13 heteroatoms. The van der Waals surface area contributed by atoms with Gasteiger partial charge in [0.1, 0.15) is 17.3 Å². The molecule has 0 saturated heterocycles. The molecule has 3 N–H and O–H groups in total. The Kier molecular flexibility index (Phi) is 5.49. The first-order chi connectivity index (χ1) is 16.4. The number of benzene rings is 1. The largest absolute Gasteiger partial charge is 0.352 e. The zero-order valence-corrected chi connectivity index (χ0v) is 19.2. The minimum Gasteiger partial charge on any atom is -0.352 e. The number of nitrogens with zero attached hydrogens (tertiary/aromatic N) is 2. The van der Waals surface area contributed by atoms with Crippen LogP contribution in [0.4, 0.5) is 34.8 Å². The number of carbonyl (C=O) groups is 1. The SMILES string of the molecule is CS(=O)(=O)c1cc(C2CCC2)ccc1Nc1cc(NC(=O)[C@@H]2CC2(F)F)nc2[nH]c(C(F)F)nc12. The van der Waals surface area contributed by atoms with Gasteiger partial charge in [-0.25, -0.2) is 35.9 Å². The molecule has 0 radical (unpaired) electrons. The number of alkyl halides is 4. The summed E-state index contributed by atoms with van der Waals surface area (Å²) >= 11 is 0. The van der Waals surface area contributed by atoms with E-state index >= 15 is 0 Å². The summed E-state index contributed by atoms with van der Waals surface area (Å²) in [5.41, 5.74) is 0.973. The first-order valence-electron chi connectivity index (χ1n) is 10.9. The Hall–Kier alpha value is -3.22. The minimum absolute atomic E-state index is 0.0136. The highest BCUT2D eigenvalue weighted by Gasteiger charge is 2.61. The lowest BCUT2D eigenvalue weighted by atomic mass is 9.80. The van der Waals surface area contributed by atoms with Crippen molar-refractivity contribution < 1.29 is 30.8 Å². The van der Waals surface area contributed by atoms with E-state index in [-0.39, 0.29) is 39.2 Å². The second-order valence-electron chi connectivity index (χ2n) is 8.96. The van der Waals surface area contributed by atoms with E-state index in [1.165, 1.54) is 6.07 Å². The molecule has 2 aliphatic carbocycles. The number of amides is 1. The number of aromatic nitrogens is 3. The Morgan fingerprint density at radius 2 is 1.89 bits per heavy atom. The number of imidazole rings is 1. The van der Waals surface area contributed by atoms with Gasteiger partial charge in [-0.2, -0.15) is 0 Å². The highest BCUT2D eigenvalue weighted by atomic mass is 32.2. The third kappa shape index (κ3) is 4.56. The zero-order valence-electron chi connectivity index (χ0n) is 18.4. The topological polar surface area (TPSA) is 117 Å². The number of fused-ring (bicyclic) bond motifs is 1. The van der Waals surface area contributed by atoms with Crippen molar-refractivity contribution in [2.75, 3.05) is 16.9 Å². The van der Waals surface area contributed by atoms with Crippen LogP contribution in [-0.4, -0.2) is 41.5 Å². The quantitative estimate of drug-likeness (QED) is 0.389. The van der Waals surface area contributed by atoms with Crippen LogP contribution >= 0.6 is 0 Å². The molecule has 0 bridgehead atoms. The van der Waals surface area contributed by atoms with Crippen molar-refractivity contribution in [3.05, 3.63) is 35.7 Å². The highest BCUT2D eigenvalue weighted by molar-refractivity contribution is 7.90. The number of aromatic amines is 1. The molecule has 186 valence electrons. The molecular weight excluding hydrogens is 490 g/mol. The maximum Gasteiger partial charge on any atom is 0.295 e. The molecule has 2 heterocycles. The maximum atomic E-state index is 13.3. The van der Waals surface area contributed by atoms with E-state index in [1.807, 2.05) is 0 Å². The molecule has 2 fully saturated rings. The van der Waals surface area contributed by atoms with Crippen LogP contribution in [0.5, 0.6) is 0 Å². The number of hydrogen-bond donors (Lipinski definition) is 3. The van der Waals surface area contributed by atoms with E-state index in [4.69, 9.17) is 0 Å². The third-order valence-corrected chi connectivity index (χ3v) is 7.46. The van der Waals surface area contributed by atoms with Gasteiger partial charge in [0.05, 0.1) is 16.3 Å². The molecule has 5 rings (SSSR count). The molecule has 3 aromatic rings. The molecule has 2 aromatic heterocycles. The summed E-state index contributed by atoms with van der Waals surface area (Å²) in [5.74, 6) is -6.13. The number of pyridine rings is 1. The lowest BCUT2D eigenvalue weighted by molar-refractivity contribution is -0.119. The second-order valence-corrected chi connectivity index (χ2v) is 10.9. The number of sulfone groups is 1. The van der Waals surface area contributed by atoms with Crippen LogP contribution in [0.15, 0.2) is 29.2 Å². The molecule has 2 aliphatic rings. The number of H-pyrrole nitrogens is 1. The van der Waals surface area contributed by atoms with E-state index in [2.05, 4.69) is 25.6 Å². The number of carbonyl (C=O) groups excluding carboxylic acids is 1. The first kappa shape index (κ1) is 23.5. The summed E-state index contributed by atoms with van der Waals surface area (Å²) in [6.45, 7) is 0. The Labute approximate surface area is 197 Å². The maximum absolute atomic E-state index is 13.3. The predicted molar refractivity (Wildman–Crippen MR) is 120 cm³/mol. The van der Waals surface area contributed by atoms with Crippen LogP contribution in [0, 0.1) is 5.92 Å². The second kappa shape index (κ2) is 8.18. The fourth-order valence-corrected chi connectivity index (χ4v) is 4.94. The van der Waals surface area contributed by atoms with Gasteiger partial charge >= 0.3 is 0 Å². The number of anilines is 3. The molecule has 1 aromatic carbocycles. The molecule has 8 nitrogen and oxygen atoms in total. The van der Waals surface area contributed by atoms with Crippen LogP contribution in [0.1, 0.15) is 49.4 Å². The van der Waals surface area contributed by atoms with Crippen molar-refractivity contribution in [3.8, 4) is 0 Å². The predicted octanol–water partition coefficient (Wildman–Crippen LogP) is 4.90. The van der Waals surface area contributed by atoms with Gasteiger partial charge in [-0.1, -0.05) is 12.5 Å². The van der Waals surface area contributed by atoms with Crippen molar-refractivity contribution >= 4 is 44.1 Å². The lowest BCUT2D eigenvalue weighted by Crippen LogP contribution is -2.18. The smallest absolute Gasteiger partial charge is 0.295 e. The summed E-state index contributed by atoms with van der Waals surface area (Å²) in [7, 11) is -3.68. The van der Waals surface area contributed by atoms with Crippen LogP contribution in [-0.2, 0) is 14.6 Å². The molecular formula is C22H21F4N5O3S. The van der Waals surface area contributed by atoms with Crippen molar-refractivity contribution in [1.29, 1.82) is 0 Å². The van der Waals surface area contributed by atoms with Gasteiger partial charge in [0, 0.05) is 18.7 Å². The Morgan fingerprint density at radius 3 is 2.46 bits per heavy atom. The molecule has 35 heavy (non-hydrogen) atoms. The van der Waals surface area contributed by atoms with Gasteiger partial charge in [-0.15, -0.1) is 0 Å². The Balaban J connectivity index is 1.55. The molecule has 0 aliphatic heterocycles. The van der Waals surface area contributed by atoms with Gasteiger partial charge < -0.3 is 15.6 Å². The van der Waals surface area contributed by atoms with Gasteiger partial charge in [-0.3, -0.25) is 4.79 Å². The molecule has 1 amide bonds. The van der Waals surface area contributed by atoms with Gasteiger partial charge in [-0.05, 0) is 36.5 Å². The lowest BCUT2D eigenvalue weighted by Gasteiger charge is -2.26. The Morgan fingerprint density at radius 1 is 1.17 bits per heavy atom. The van der Waals surface area contributed by atoms with Crippen LogP contribution in [0.2, 0.25) is 0 Å². The fourth-order valence-electron chi connectivity index (χ4n) is 4.07. The minimum atomic E-state index is -3.68. The standard InChI is InChI=1S/C22H21F4N5O3S/c1-35(33,34)15-7-11(10-3-2-4-10)5-6-13(15)27-14-8-16(29-21(32)12-9-22(12,25)26)28-19-17(14)30-20(31-19)18(23)24/h5-8,10,12,18H,2-4,9H2,1H3,(H3,27,28,29,30,31,32)/t12-/m0/s1. The van der Waals surface area contributed by atoms with Gasteiger partial charge in [0.15, 0.2) is 21.3 Å². The van der Waals surface area contributed by atoms with Crippen LogP contribution < -0.4 is 10.6 Å². The summed E-state index contributed by atoms with van der Waals surface area (Å²) < 4.78 is 78.2. The van der Waals surface area contributed by atoms with E-state index in [0.717, 1.165) is 31.1 Å². The monoisotopic (exact) mass is 511 g/mol. The summed E-state index contributed by atoms with van der Waals surface area (Å²) in [4.78, 5) is 22.4. The summed E-state index contributed by atoms with van der Waals surface area (Å²) in [5, 5.41) is 5.18. The van der Waals surface area contributed by atoms with Crippen LogP contribution in [0.25, 0.3) is 11.2 Å². The van der Waals surface area contributed by atoms with E-state index < -0.39 is 46.3 Å². The van der Waals surface area contributed by atoms with E-state index in [9.17, 15) is 30.8 Å². The van der Waals surface area contributed by atoms with Crippen molar-refractivity contribution in [3.63, 3.8) is 0 Å². The molecule has 0 spiro atoms. The number of nitrogens with one attached hydrogen (secondary N) is 3. The molecule has 0 unspecified atom stereocenters. The van der Waals surface area contributed by atoms with Crippen molar-refractivity contribution in [2.24, 2.45) is 5.92 Å². The van der Waals surface area contributed by atoms with Crippen molar-refractivity contribution in [1.82, 2.24) is 15.0 Å². The Bertz CT molecular complexity index is 1440. The van der Waals surface area contributed by atoms with Gasteiger partial charge in [0.25, 0.3) is 12.3 Å². The number of rotatable bonds is 7. The normalized spacial score (nSPS) is 19.5. The average Bonchev–Trinajstić information content (AvgIpc) is 3.15. The first-order valence-corrected chi connectivity index (χ1v) is 12.8. The third-order valence-electron chi connectivity index (χ3n) is 6.32.